The second-order valence-corrected chi connectivity index (χ2v) is 7.57. The summed E-state index contributed by atoms with van der Waals surface area (Å²) < 4.78 is 4.39. The minimum Gasteiger partial charge on any atom is -0.318 e. The number of carbonyl (C=O) groups is 1. The number of fused-ring (bicyclic) bond motifs is 1. The van der Waals surface area contributed by atoms with E-state index in [-0.39, 0.29) is 11.9 Å². The van der Waals surface area contributed by atoms with Gasteiger partial charge in [0.05, 0.1) is 20.3 Å². The summed E-state index contributed by atoms with van der Waals surface area (Å²) in [7, 11) is 1.81. The first-order chi connectivity index (χ1) is 11.3. The zero-order chi connectivity index (χ0) is 17.6. The lowest BCUT2D eigenvalue weighted by Gasteiger charge is -2.06. The van der Waals surface area contributed by atoms with Crippen LogP contribution in [-0.4, -0.2) is 20.3 Å². The first-order valence-corrected chi connectivity index (χ1v) is 8.95. The summed E-state index contributed by atoms with van der Waals surface area (Å²) in [6, 6.07) is 5.41. The van der Waals surface area contributed by atoms with Crippen molar-refractivity contribution in [3.63, 3.8) is 0 Å². The Morgan fingerprint density at radius 3 is 2.54 bits per heavy atom. The lowest BCUT2D eigenvalue weighted by Crippen LogP contribution is -2.14. The second kappa shape index (κ2) is 6.35. The maximum absolute atomic E-state index is 12.5. The minimum atomic E-state index is -0.382. The third-order valence-corrected chi connectivity index (χ3v) is 5.57. The van der Waals surface area contributed by atoms with E-state index in [1.807, 2.05) is 27.8 Å². The van der Waals surface area contributed by atoms with E-state index in [1.54, 1.807) is 27.4 Å². The molecule has 0 spiro atoms. The number of rotatable bonds is 2. The van der Waals surface area contributed by atoms with Crippen LogP contribution in [0.15, 0.2) is 23.2 Å². The molecule has 3 aromatic rings. The molecule has 0 aliphatic carbocycles. The quantitative estimate of drug-likeness (QED) is 0.660. The summed E-state index contributed by atoms with van der Waals surface area (Å²) in [5.74, 6) is -0.382. The highest BCUT2D eigenvalue weighted by Gasteiger charge is 2.15. The fourth-order valence-electron chi connectivity index (χ4n) is 2.54. The van der Waals surface area contributed by atoms with Crippen molar-refractivity contribution < 1.29 is 4.79 Å². The Morgan fingerprint density at radius 1 is 1.29 bits per heavy atom. The van der Waals surface area contributed by atoms with Crippen molar-refractivity contribution in [2.75, 3.05) is 0 Å². The van der Waals surface area contributed by atoms with Crippen LogP contribution in [0, 0.1) is 6.92 Å². The van der Waals surface area contributed by atoms with E-state index in [4.69, 9.17) is 23.2 Å². The Morgan fingerprint density at radius 2 is 1.96 bits per heavy atom. The van der Waals surface area contributed by atoms with Gasteiger partial charge in [-0.25, -0.2) is 0 Å². The lowest BCUT2D eigenvalue weighted by molar-refractivity contribution is 0.0992. The highest BCUT2D eigenvalue weighted by Crippen LogP contribution is 2.31. The molecule has 0 saturated heterocycles. The van der Waals surface area contributed by atoms with Crippen LogP contribution in [0.1, 0.15) is 36.1 Å². The van der Waals surface area contributed by atoms with Crippen molar-refractivity contribution in [2.24, 2.45) is 12.0 Å². The maximum atomic E-state index is 12.5. The number of aryl methyl sites for hydroxylation is 2. The Labute approximate surface area is 153 Å². The normalized spacial score (nSPS) is 12.5. The molecule has 126 valence electrons. The van der Waals surface area contributed by atoms with Crippen LogP contribution in [0.3, 0.4) is 0 Å². The number of halogens is 2. The van der Waals surface area contributed by atoms with Gasteiger partial charge in [0.25, 0.3) is 5.91 Å². The largest absolute Gasteiger partial charge is 0.318 e. The number of aromatic nitrogens is 3. The van der Waals surface area contributed by atoms with Gasteiger partial charge >= 0.3 is 0 Å². The molecule has 3 rings (SSSR count). The van der Waals surface area contributed by atoms with E-state index < -0.39 is 0 Å². The van der Waals surface area contributed by atoms with Crippen LogP contribution in [0.5, 0.6) is 0 Å². The van der Waals surface area contributed by atoms with Crippen molar-refractivity contribution in [1.82, 2.24) is 14.3 Å². The first kappa shape index (κ1) is 17.2. The van der Waals surface area contributed by atoms with E-state index in [9.17, 15) is 4.79 Å². The number of hydrogen-bond acceptors (Lipinski definition) is 3. The summed E-state index contributed by atoms with van der Waals surface area (Å²) >= 11 is 13.8. The van der Waals surface area contributed by atoms with Crippen LogP contribution in [0.2, 0.25) is 10.0 Å². The van der Waals surface area contributed by atoms with Crippen LogP contribution in [0.4, 0.5) is 0 Å². The fraction of sp³-hybridized carbons (Fsp3) is 0.312. The smallest absolute Gasteiger partial charge is 0.300 e. The Balaban J connectivity index is 2.12. The van der Waals surface area contributed by atoms with Gasteiger partial charge in [-0.3, -0.25) is 9.48 Å². The van der Waals surface area contributed by atoms with Gasteiger partial charge in [-0.15, -0.1) is 0 Å². The third kappa shape index (κ3) is 2.90. The molecular weight excluding hydrogens is 367 g/mol. The van der Waals surface area contributed by atoms with Gasteiger partial charge in [0.15, 0.2) is 10.5 Å². The second-order valence-electron chi connectivity index (χ2n) is 5.78. The molecule has 5 nitrogen and oxygen atoms in total. The molecule has 1 amide bonds. The summed E-state index contributed by atoms with van der Waals surface area (Å²) in [5, 5.41) is 5.50. The molecule has 1 aromatic carbocycles. The van der Waals surface area contributed by atoms with E-state index >= 15 is 0 Å². The number of carbonyl (C=O) groups excluding carboxylic acids is 1. The Bertz CT molecular complexity index is 1010. The molecule has 0 unspecified atom stereocenters. The summed E-state index contributed by atoms with van der Waals surface area (Å²) in [6.07, 6.45) is 0. The SMILES string of the molecule is Cc1cc(C(=O)N=c2sc3c(Cl)ccc(Cl)c3n2C)nn1C(C)C. The highest BCUT2D eigenvalue weighted by atomic mass is 35.5. The standard InChI is InChI=1S/C16H16Cl2N4OS/c1-8(2)22-9(3)7-12(20-22)15(23)19-16-21(4)13-10(17)5-6-11(18)14(13)24-16/h5-8H,1-4H3. The van der Waals surface area contributed by atoms with Gasteiger partial charge in [0.1, 0.15) is 0 Å². The predicted molar refractivity (Wildman–Crippen MR) is 98.1 cm³/mol. The molecule has 0 aliphatic rings. The topological polar surface area (TPSA) is 52.2 Å². The van der Waals surface area contributed by atoms with Crippen molar-refractivity contribution in [2.45, 2.75) is 26.8 Å². The van der Waals surface area contributed by atoms with Crippen LogP contribution >= 0.6 is 34.5 Å². The third-order valence-electron chi connectivity index (χ3n) is 3.68. The minimum absolute atomic E-state index is 0.185. The number of hydrogen-bond donors (Lipinski definition) is 0. The molecule has 0 saturated carbocycles. The van der Waals surface area contributed by atoms with E-state index in [0.29, 0.717) is 20.5 Å². The molecule has 2 heterocycles. The molecule has 0 bridgehead atoms. The van der Waals surface area contributed by atoms with Crippen molar-refractivity contribution in [1.29, 1.82) is 0 Å². The van der Waals surface area contributed by atoms with Crippen LogP contribution in [-0.2, 0) is 7.05 Å². The number of amides is 1. The molecule has 0 atom stereocenters. The number of nitrogens with zero attached hydrogens (tertiary/aromatic N) is 4. The van der Waals surface area contributed by atoms with Gasteiger partial charge in [-0.2, -0.15) is 10.1 Å². The van der Waals surface area contributed by atoms with E-state index in [2.05, 4.69) is 10.1 Å². The maximum Gasteiger partial charge on any atom is 0.300 e. The van der Waals surface area contributed by atoms with Gasteiger partial charge in [-0.05, 0) is 39.0 Å². The van der Waals surface area contributed by atoms with E-state index in [1.165, 1.54) is 11.3 Å². The predicted octanol–water partition coefficient (Wildman–Crippen LogP) is 4.37. The zero-order valence-electron chi connectivity index (χ0n) is 13.7. The Hall–Kier alpha value is -1.63. The monoisotopic (exact) mass is 382 g/mol. The van der Waals surface area contributed by atoms with Gasteiger partial charge in [-0.1, -0.05) is 34.5 Å². The summed E-state index contributed by atoms with van der Waals surface area (Å²) in [4.78, 5) is 17.2. The molecule has 0 fully saturated rings. The fourth-order valence-corrected chi connectivity index (χ4v) is 4.20. The van der Waals surface area contributed by atoms with Crippen LogP contribution < -0.4 is 4.80 Å². The summed E-state index contributed by atoms with van der Waals surface area (Å²) in [6.45, 7) is 5.95. The number of thiazole rings is 1. The summed E-state index contributed by atoms with van der Waals surface area (Å²) in [5.41, 5.74) is 2.02. The highest BCUT2D eigenvalue weighted by molar-refractivity contribution is 7.17. The molecular formula is C16H16Cl2N4OS. The average molecular weight is 383 g/mol. The van der Waals surface area contributed by atoms with Crippen molar-refractivity contribution in [3.8, 4) is 0 Å². The molecule has 0 N–H and O–H groups in total. The lowest BCUT2D eigenvalue weighted by atomic mass is 10.3. The molecule has 8 heteroatoms. The van der Waals surface area contributed by atoms with Gasteiger partial charge in [0, 0.05) is 18.8 Å². The van der Waals surface area contributed by atoms with Gasteiger partial charge < -0.3 is 4.57 Å². The van der Waals surface area contributed by atoms with E-state index in [0.717, 1.165) is 15.9 Å². The van der Waals surface area contributed by atoms with Crippen molar-refractivity contribution >= 4 is 50.7 Å². The average Bonchev–Trinajstić information content (AvgIpc) is 3.06. The molecule has 0 aliphatic heterocycles. The molecule has 24 heavy (non-hydrogen) atoms. The Kier molecular flexibility index (Phi) is 4.55. The van der Waals surface area contributed by atoms with Crippen LogP contribution in [0.25, 0.3) is 10.2 Å². The first-order valence-electron chi connectivity index (χ1n) is 7.38. The number of benzene rings is 1. The zero-order valence-corrected chi connectivity index (χ0v) is 16.0. The molecule has 2 aromatic heterocycles. The molecule has 0 radical (unpaired) electrons. The van der Waals surface area contributed by atoms with Gasteiger partial charge in [0.2, 0.25) is 0 Å². The van der Waals surface area contributed by atoms with Crippen molar-refractivity contribution in [3.05, 3.63) is 44.4 Å².